The van der Waals surface area contributed by atoms with E-state index in [0.717, 1.165) is 19.1 Å². The summed E-state index contributed by atoms with van der Waals surface area (Å²) in [7, 11) is 0. The van der Waals surface area contributed by atoms with Gasteiger partial charge in [-0.1, -0.05) is 19.4 Å². The second kappa shape index (κ2) is 5.91. The van der Waals surface area contributed by atoms with Crippen molar-refractivity contribution < 1.29 is 9.90 Å². The monoisotopic (exact) mass is 211 g/mol. The van der Waals surface area contributed by atoms with E-state index in [4.69, 9.17) is 5.11 Å². The average Bonchev–Trinajstić information content (AvgIpc) is 3.01. The van der Waals surface area contributed by atoms with Gasteiger partial charge in [0.25, 0.3) is 0 Å². The first kappa shape index (κ1) is 12.2. The van der Waals surface area contributed by atoms with Crippen LogP contribution >= 0.6 is 0 Å². The van der Waals surface area contributed by atoms with Crippen molar-refractivity contribution in [2.45, 2.75) is 45.6 Å². The third kappa shape index (κ3) is 4.47. The summed E-state index contributed by atoms with van der Waals surface area (Å²) >= 11 is 0. The van der Waals surface area contributed by atoms with Crippen LogP contribution in [-0.4, -0.2) is 35.1 Å². The van der Waals surface area contributed by atoms with E-state index in [1.165, 1.54) is 25.7 Å². The van der Waals surface area contributed by atoms with Crippen molar-refractivity contribution in [3.8, 4) is 0 Å². The van der Waals surface area contributed by atoms with Gasteiger partial charge in [0.2, 0.25) is 0 Å². The van der Waals surface area contributed by atoms with E-state index in [1.54, 1.807) is 6.92 Å². The van der Waals surface area contributed by atoms with Crippen LogP contribution in [0, 0.1) is 0 Å². The maximum Gasteiger partial charge on any atom is 0.330 e. The Morgan fingerprint density at radius 2 is 2.20 bits per heavy atom. The highest BCUT2D eigenvalue weighted by atomic mass is 16.4. The molecule has 15 heavy (non-hydrogen) atoms. The Hall–Kier alpha value is -0.830. The fraction of sp³-hybridized carbons (Fsp3) is 0.750. The molecule has 0 aliphatic heterocycles. The molecule has 0 bridgehead atoms. The lowest BCUT2D eigenvalue weighted by atomic mass is 10.2. The normalized spacial score (nSPS) is 17.1. The van der Waals surface area contributed by atoms with Crippen molar-refractivity contribution in [1.82, 2.24) is 4.90 Å². The molecular weight excluding hydrogens is 190 g/mol. The first-order valence-corrected chi connectivity index (χ1v) is 5.79. The van der Waals surface area contributed by atoms with Crippen molar-refractivity contribution >= 4 is 5.97 Å². The van der Waals surface area contributed by atoms with Crippen LogP contribution in [0.1, 0.15) is 39.5 Å². The van der Waals surface area contributed by atoms with Gasteiger partial charge in [0.1, 0.15) is 0 Å². The Morgan fingerprint density at radius 3 is 2.67 bits per heavy atom. The fourth-order valence-corrected chi connectivity index (χ4v) is 1.57. The Bertz CT molecular complexity index is 244. The predicted octanol–water partition coefficient (Wildman–Crippen LogP) is 2.28. The molecule has 3 nitrogen and oxygen atoms in total. The average molecular weight is 211 g/mol. The molecule has 0 amide bonds. The number of hydrogen-bond acceptors (Lipinski definition) is 2. The van der Waals surface area contributed by atoms with E-state index in [2.05, 4.69) is 11.8 Å². The molecule has 0 spiro atoms. The molecule has 0 radical (unpaired) electrons. The summed E-state index contributed by atoms with van der Waals surface area (Å²) in [5.41, 5.74) is 0.456. The highest BCUT2D eigenvalue weighted by Gasteiger charge is 2.27. The van der Waals surface area contributed by atoms with Crippen LogP contribution in [0.15, 0.2) is 11.6 Å². The molecule has 1 rings (SSSR count). The van der Waals surface area contributed by atoms with Crippen LogP contribution < -0.4 is 0 Å². The SMILES string of the molecule is CCCCN(CC=C(C)C(=O)O)C1CC1. The number of carbonyl (C=O) groups is 1. The Labute approximate surface area is 91.8 Å². The molecule has 1 aliphatic carbocycles. The summed E-state index contributed by atoms with van der Waals surface area (Å²) in [6.45, 7) is 5.74. The highest BCUT2D eigenvalue weighted by Crippen LogP contribution is 2.26. The number of hydrogen-bond donors (Lipinski definition) is 1. The number of aliphatic carboxylic acids is 1. The molecule has 3 heteroatoms. The molecule has 0 atom stereocenters. The maximum absolute atomic E-state index is 10.6. The summed E-state index contributed by atoms with van der Waals surface area (Å²) in [5.74, 6) is -0.804. The van der Waals surface area contributed by atoms with E-state index < -0.39 is 5.97 Å². The maximum atomic E-state index is 10.6. The number of nitrogens with zero attached hydrogens (tertiary/aromatic N) is 1. The molecule has 0 aromatic rings. The molecular formula is C12H21NO2. The second-order valence-electron chi connectivity index (χ2n) is 4.27. The molecule has 1 aliphatic rings. The van der Waals surface area contributed by atoms with Gasteiger partial charge < -0.3 is 5.11 Å². The van der Waals surface area contributed by atoms with Crippen molar-refractivity contribution in [1.29, 1.82) is 0 Å². The van der Waals surface area contributed by atoms with E-state index >= 15 is 0 Å². The molecule has 0 saturated heterocycles. The minimum Gasteiger partial charge on any atom is -0.478 e. The zero-order valence-electron chi connectivity index (χ0n) is 9.70. The highest BCUT2D eigenvalue weighted by molar-refractivity contribution is 5.85. The molecule has 1 N–H and O–H groups in total. The fourth-order valence-electron chi connectivity index (χ4n) is 1.57. The van der Waals surface area contributed by atoms with Gasteiger partial charge in [0.15, 0.2) is 0 Å². The third-order valence-electron chi connectivity index (χ3n) is 2.83. The first-order chi connectivity index (χ1) is 7.15. The standard InChI is InChI=1S/C12H21NO2/c1-3-4-8-13(11-5-6-11)9-7-10(2)12(14)15/h7,11H,3-6,8-9H2,1-2H3,(H,14,15). The minimum atomic E-state index is -0.804. The molecule has 0 heterocycles. The quantitative estimate of drug-likeness (QED) is 0.657. The summed E-state index contributed by atoms with van der Waals surface area (Å²) in [4.78, 5) is 13.0. The molecule has 0 aromatic heterocycles. The van der Waals surface area contributed by atoms with Crippen LogP contribution in [0.5, 0.6) is 0 Å². The summed E-state index contributed by atoms with van der Waals surface area (Å²) in [5, 5.41) is 8.74. The zero-order valence-corrected chi connectivity index (χ0v) is 9.70. The molecule has 0 unspecified atom stereocenters. The number of unbranched alkanes of at least 4 members (excludes halogenated alkanes) is 1. The van der Waals surface area contributed by atoms with Crippen LogP contribution in [-0.2, 0) is 4.79 Å². The topological polar surface area (TPSA) is 40.5 Å². The van der Waals surface area contributed by atoms with Crippen molar-refractivity contribution in [2.75, 3.05) is 13.1 Å². The summed E-state index contributed by atoms with van der Waals surface area (Å²) < 4.78 is 0. The Balaban J connectivity index is 2.37. The van der Waals surface area contributed by atoms with Gasteiger partial charge in [-0.15, -0.1) is 0 Å². The smallest absolute Gasteiger partial charge is 0.330 e. The summed E-state index contributed by atoms with van der Waals surface area (Å²) in [6.07, 6.45) is 6.80. The lowest BCUT2D eigenvalue weighted by Gasteiger charge is -2.19. The number of rotatable bonds is 7. The molecule has 86 valence electrons. The van der Waals surface area contributed by atoms with Crippen molar-refractivity contribution in [3.05, 3.63) is 11.6 Å². The molecule has 1 saturated carbocycles. The minimum absolute atomic E-state index is 0.456. The zero-order chi connectivity index (χ0) is 11.3. The van der Waals surface area contributed by atoms with Crippen molar-refractivity contribution in [2.24, 2.45) is 0 Å². The number of carboxylic acid groups (broad SMARTS) is 1. The summed E-state index contributed by atoms with van der Waals surface area (Å²) in [6, 6.07) is 0.717. The largest absolute Gasteiger partial charge is 0.478 e. The van der Waals surface area contributed by atoms with Crippen molar-refractivity contribution in [3.63, 3.8) is 0 Å². The Morgan fingerprint density at radius 1 is 1.53 bits per heavy atom. The van der Waals surface area contributed by atoms with Gasteiger partial charge in [-0.05, 0) is 32.7 Å². The predicted molar refractivity (Wildman–Crippen MR) is 60.9 cm³/mol. The van der Waals surface area contributed by atoms with Crippen LogP contribution in [0.4, 0.5) is 0 Å². The number of carboxylic acids is 1. The lowest BCUT2D eigenvalue weighted by Crippen LogP contribution is -2.27. The van der Waals surface area contributed by atoms with Gasteiger partial charge >= 0.3 is 5.97 Å². The Kier molecular flexibility index (Phi) is 4.82. The van der Waals surface area contributed by atoms with Gasteiger partial charge in [-0.25, -0.2) is 4.79 Å². The lowest BCUT2D eigenvalue weighted by molar-refractivity contribution is -0.132. The third-order valence-corrected chi connectivity index (χ3v) is 2.83. The second-order valence-corrected chi connectivity index (χ2v) is 4.27. The van der Waals surface area contributed by atoms with E-state index in [9.17, 15) is 4.79 Å². The molecule has 0 aromatic carbocycles. The van der Waals surface area contributed by atoms with Gasteiger partial charge in [-0.2, -0.15) is 0 Å². The van der Waals surface area contributed by atoms with E-state index in [1.807, 2.05) is 6.08 Å². The van der Waals surface area contributed by atoms with E-state index in [0.29, 0.717) is 5.57 Å². The van der Waals surface area contributed by atoms with E-state index in [-0.39, 0.29) is 0 Å². The van der Waals surface area contributed by atoms with Gasteiger partial charge in [-0.3, -0.25) is 4.90 Å². The molecule has 1 fully saturated rings. The van der Waals surface area contributed by atoms with Gasteiger partial charge in [0.05, 0.1) is 0 Å². The van der Waals surface area contributed by atoms with Crippen LogP contribution in [0.3, 0.4) is 0 Å². The van der Waals surface area contributed by atoms with Gasteiger partial charge in [0, 0.05) is 18.2 Å². The van der Waals surface area contributed by atoms with Crippen LogP contribution in [0.25, 0.3) is 0 Å². The van der Waals surface area contributed by atoms with Crippen LogP contribution in [0.2, 0.25) is 0 Å². The first-order valence-electron chi connectivity index (χ1n) is 5.79.